The molecular formula is C13H25NO3S. The van der Waals surface area contributed by atoms with Gasteiger partial charge in [0.25, 0.3) is 0 Å². The van der Waals surface area contributed by atoms with Crippen LogP contribution in [-0.4, -0.2) is 55.2 Å². The predicted octanol–water partition coefficient (Wildman–Crippen LogP) is 1.05. The van der Waals surface area contributed by atoms with Crippen molar-refractivity contribution in [1.82, 2.24) is 4.90 Å². The van der Waals surface area contributed by atoms with Crippen molar-refractivity contribution in [3.8, 4) is 0 Å². The molecule has 0 spiro atoms. The van der Waals surface area contributed by atoms with Crippen LogP contribution in [0.15, 0.2) is 0 Å². The number of hydrogen-bond donors (Lipinski definition) is 1. The van der Waals surface area contributed by atoms with E-state index in [0.29, 0.717) is 12.5 Å². The van der Waals surface area contributed by atoms with Gasteiger partial charge in [0.15, 0.2) is 9.84 Å². The van der Waals surface area contributed by atoms with Crippen molar-refractivity contribution in [2.24, 2.45) is 5.92 Å². The Morgan fingerprint density at radius 3 is 2.83 bits per heavy atom. The lowest BCUT2D eigenvalue weighted by atomic mass is 9.71. The Labute approximate surface area is 110 Å². The zero-order chi connectivity index (χ0) is 13.2. The van der Waals surface area contributed by atoms with Gasteiger partial charge in [-0.25, -0.2) is 8.42 Å². The first-order chi connectivity index (χ1) is 8.45. The maximum Gasteiger partial charge on any atom is 0.151 e. The van der Waals surface area contributed by atoms with Crippen LogP contribution in [0.2, 0.25) is 0 Å². The summed E-state index contributed by atoms with van der Waals surface area (Å²) in [5.74, 6) is 0.840. The van der Waals surface area contributed by atoms with Crippen molar-refractivity contribution >= 4 is 9.84 Å². The molecule has 0 aromatic carbocycles. The van der Waals surface area contributed by atoms with E-state index in [1.165, 1.54) is 6.42 Å². The molecular weight excluding hydrogens is 250 g/mol. The lowest BCUT2D eigenvalue weighted by Crippen LogP contribution is -2.53. The SMILES string of the molecule is CCS(=O)(=O)CCN1CCC2(O)CCCCC2C1. The van der Waals surface area contributed by atoms with E-state index in [1.807, 2.05) is 0 Å². The van der Waals surface area contributed by atoms with E-state index in [-0.39, 0.29) is 11.5 Å². The largest absolute Gasteiger partial charge is 0.390 e. The Morgan fingerprint density at radius 2 is 2.11 bits per heavy atom. The van der Waals surface area contributed by atoms with Gasteiger partial charge in [-0.15, -0.1) is 0 Å². The first-order valence-corrected chi connectivity index (χ1v) is 8.92. The molecule has 5 heteroatoms. The zero-order valence-electron chi connectivity index (χ0n) is 11.3. The van der Waals surface area contributed by atoms with Crippen LogP contribution in [0.1, 0.15) is 39.0 Å². The van der Waals surface area contributed by atoms with Crippen molar-refractivity contribution in [2.75, 3.05) is 31.1 Å². The van der Waals surface area contributed by atoms with Gasteiger partial charge >= 0.3 is 0 Å². The molecule has 1 aliphatic carbocycles. The smallest absolute Gasteiger partial charge is 0.151 e. The average Bonchev–Trinajstić information content (AvgIpc) is 2.36. The quantitative estimate of drug-likeness (QED) is 0.833. The minimum atomic E-state index is -2.87. The summed E-state index contributed by atoms with van der Waals surface area (Å²) >= 11 is 0. The van der Waals surface area contributed by atoms with Crippen LogP contribution in [0.4, 0.5) is 0 Å². The maximum atomic E-state index is 11.5. The van der Waals surface area contributed by atoms with Gasteiger partial charge in [-0.05, 0) is 19.3 Å². The van der Waals surface area contributed by atoms with Gasteiger partial charge in [0.05, 0.1) is 11.4 Å². The lowest BCUT2D eigenvalue weighted by Gasteiger charge is -2.47. The summed E-state index contributed by atoms with van der Waals surface area (Å²) in [7, 11) is -2.87. The zero-order valence-corrected chi connectivity index (χ0v) is 12.1. The molecule has 0 amide bonds. The molecule has 4 nitrogen and oxygen atoms in total. The van der Waals surface area contributed by atoms with Crippen LogP contribution < -0.4 is 0 Å². The van der Waals surface area contributed by atoms with E-state index in [4.69, 9.17) is 0 Å². The van der Waals surface area contributed by atoms with Gasteiger partial charge in [0.1, 0.15) is 0 Å². The fraction of sp³-hybridized carbons (Fsp3) is 1.00. The second-order valence-corrected chi connectivity index (χ2v) is 8.31. The van der Waals surface area contributed by atoms with Crippen LogP contribution in [-0.2, 0) is 9.84 Å². The maximum absolute atomic E-state index is 11.5. The Kier molecular flexibility index (Phi) is 4.34. The highest BCUT2D eigenvalue weighted by atomic mass is 32.2. The molecule has 2 aliphatic rings. The monoisotopic (exact) mass is 275 g/mol. The summed E-state index contributed by atoms with van der Waals surface area (Å²) in [6.45, 7) is 4.04. The van der Waals surface area contributed by atoms with Crippen molar-refractivity contribution in [1.29, 1.82) is 0 Å². The molecule has 0 aromatic heterocycles. The summed E-state index contributed by atoms with van der Waals surface area (Å²) < 4.78 is 23.0. The predicted molar refractivity (Wildman–Crippen MR) is 72.3 cm³/mol. The lowest BCUT2D eigenvalue weighted by molar-refractivity contribution is -0.0942. The molecule has 1 heterocycles. The molecule has 1 saturated heterocycles. The standard InChI is InChI=1S/C13H25NO3S/c1-2-18(16,17)10-9-14-8-7-13(15)6-4-3-5-12(13)11-14/h12,15H,2-11H2,1H3. The molecule has 0 aromatic rings. The minimum Gasteiger partial charge on any atom is -0.390 e. The van der Waals surface area contributed by atoms with E-state index in [2.05, 4.69) is 4.90 Å². The number of rotatable bonds is 4. The number of piperidine rings is 1. The van der Waals surface area contributed by atoms with Crippen LogP contribution in [0.25, 0.3) is 0 Å². The fourth-order valence-corrected chi connectivity index (χ4v) is 4.08. The molecule has 2 fully saturated rings. The number of sulfone groups is 1. The number of nitrogens with zero attached hydrogens (tertiary/aromatic N) is 1. The van der Waals surface area contributed by atoms with Crippen LogP contribution in [0.5, 0.6) is 0 Å². The fourth-order valence-electron chi connectivity index (χ4n) is 3.26. The van der Waals surface area contributed by atoms with Crippen LogP contribution >= 0.6 is 0 Å². The van der Waals surface area contributed by atoms with E-state index in [1.54, 1.807) is 6.92 Å². The third-order valence-corrected chi connectivity index (χ3v) is 6.35. The Bertz CT molecular complexity index is 382. The third kappa shape index (κ3) is 3.25. The second kappa shape index (κ2) is 5.47. The first-order valence-electron chi connectivity index (χ1n) is 7.10. The third-order valence-electron chi connectivity index (χ3n) is 4.67. The van der Waals surface area contributed by atoms with Crippen LogP contribution in [0.3, 0.4) is 0 Å². The highest BCUT2D eigenvalue weighted by Crippen LogP contribution is 2.39. The van der Waals surface area contributed by atoms with Gasteiger partial charge in [0, 0.05) is 31.3 Å². The molecule has 2 atom stereocenters. The van der Waals surface area contributed by atoms with Gasteiger partial charge in [0.2, 0.25) is 0 Å². The van der Waals surface area contributed by atoms with Gasteiger partial charge in [-0.3, -0.25) is 0 Å². The van der Waals surface area contributed by atoms with Crippen molar-refractivity contribution in [3.05, 3.63) is 0 Å². The van der Waals surface area contributed by atoms with Gasteiger partial charge in [-0.1, -0.05) is 19.8 Å². The van der Waals surface area contributed by atoms with E-state index in [9.17, 15) is 13.5 Å². The summed E-state index contributed by atoms with van der Waals surface area (Å²) in [4.78, 5) is 2.22. The van der Waals surface area contributed by atoms with E-state index < -0.39 is 15.4 Å². The van der Waals surface area contributed by atoms with Crippen molar-refractivity contribution < 1.29 is 13.5 Å². The van der Waals surface area contributed by atoms with Crippen LogP contribution in [0, 0.1) is 5.92 Å². The topological polar surface area (TPSA) is 57.6 Å². The molecule has 1 N–H and O–H groups in total. The van der Waals surface area contributed by atoms with E-state index >= 15 is 0 Å². The number of aliphatic hydroxyl groups is 1. The minimum absolute atomic E-state index is 0.230. The van der Waals surface area contributed by atoms with Gasteiger partial charge in [-0.2, -0.15) is 0 Å². The molecule has 106 valence electrons. The van der Waals surface area contributed by atoms with Crippen molar-refractivity contribution in [3.63, 3.8) is 0 Å². The number of fused-ring (bicyclic) bond motifs is 1. The number of hydrogen-bond acceptors (Lipinski definition) is 4. The molecule has 2 unspecified atom stereocenters. The second-order valence-electron chi connectivity index (χ2n) is 5.83. The normalized spacial score (nSPS) is 34.2. The van der Waals surface area contributed by atoms with E-state index in [0.717, 1.165) is 38.8 Å². The highest BCUT2D eigenvalue weighted by molar-refractivity contribution is 7.91. The summed E-state index contributed by atoms with van der Waals surface area (Å²) in [6, 6.07) is 0. The summed E-state index contributed by atoms with van der Waals surface area (Å²) in [5, 5.41) is 10.5. The first kappa shape index (κ1) is 14.3. The summed E-state index contributed by atoms with van der Waals surface area (Å²) in [5.41, 5.74) is -0.460. The molecule has 1 aliphatic heterocycles. The Morgan fingerprint density at radius 1 is 1.33 bits per heavy atom. The average molecular weight is 275 g/mol. The molecule has 1 saturated carbocycles. The Balaban J connectivity index is 1.87. The molecule has 0 bridgehead atoms. The molecule has 18 heavy (non-hydrogen) atoms. The Hall–Kier alpha value is -0.130. The summed E-state index contributed by atoms with van der Waals surface area (Å²) in [6.07, 6.45) is 5.17. The molecule has 2 rings (SSSR count). The molecule has 0 radical (unpaired) electrons. The van der Waals surface area contributed by atoms with Crippen molar-refractivity contribution in [2.45, 2.75) is 44.6 Å². The number of likely N-dealkylation sites (tertiary alicyclic amines) is 1. The highest BCUT2D eigenvalue weighted by Gasteiger charge is 2.42. The van der Waals surface area contributed by atoms with Gasteiger partial charge < -0.3 is 10.0 Å².